The summed E-state index contributed by atoms with van der Waals surface area (Å²) in [4.78, 5) is 26.7. The van der Waals surface area contributed by atoms with Gasteiger partial charge in [-0.1, -0.05) is 84.9 Å². The summed E-state index contributed by atoms with van der Waals surface area (Å²) in [6.45, 7) is 0. The monoisotopic (exact) mass is 626 g/mol. The van der Waals surface area contributed by atoms with E-state index in [0.29, 0.717) is 35.5 Å². The van der Waals surface area contributed by atoms with Crippen LogP contribution in [0.4, 0.5) is 0 Å². The molecule has 0 fully saturated rings. The van der Waals surface area contributed by atoms with Crippen molar-refractivity contribution in [1.82, 2.24) is 0 Å². The van der Waals surface area contributed by atoms with E-state index in [0.717, 1.165) is 49.0 Å². The lowest BCUT2D eigenvalue weighted by molar-refractivity contribution is 0.0665. The van der Waals surface area contributed by atoms with E-state index in [9.17, 15) is 9.59 Å². The lowest BCUT2D eigenvalue weighted by Gasteiger charge is -2.22. The van der Waals surface area contributed by atoms with Gasteiger partial charge in [0, 0.05) is 23.3 Å². The molecule has 0 heterocycles. The molecular formula is C44H34O4. The number of carbonyl (C=O) groups is 2. The van der Waals surface area contributed by atoms with Gasteiger partial charge >= 0.3 is 11.9 Å². The van der Waals surface area contributed by atoms with Crippen molar-refractivity contribution in [2.75, 3.05) is 0 Å². The van der Waals surface area contributed by atoms with E-state index in [1.54, 1.807) is 24.3 Å². The van der Waals surface area contributed by atoms with Gasteiger partial charge in [-0.15, -0.1) is 0 Å². The van der Waals surface area contributed by atoms with Crippen molar-refractivity contribution in [2.24, 2.45) is 0 Å². The second kappa shape index (κ2) is 11.6. The van der Waals surface area contributed by atoms with E-state index in [1.807, 2.05) is 0 Å². The Kier molecular flexibility index (Phi) is 6.97. The number of benzene rings is 5. The molecule has 0 saturated carbocycles. The van der Waals surface area contributed by atoms with Crippen LogP contribution in [-0.2, 0) is 35.2 Å². The van der Waals surface area contributed by atoms with Gasteiger partial charge in [-0.05, 0) is 118 Å². The largest absolute Gasteiger partial charge is 0.427 e. The summed E-state index contributed by atoms with van der Waals surface area (Å²) >= 11 is 0. The molecule has 4 aliphatic rings. The van der Waals surface area contributed by atoms with Crippen LogP contribution in [0, 0.1) is 0 Å². The molecule has 0 radical (unpaired) electrons. The minimum atomic E-state index is -0.418. The number of hydrogen-bond donors (Lipinski definition) is 0. The summed E-state index contributed by atoms with van der Waals surface area (Å²) in [6.07, 6.45) is 11.6. The highest BCUT2D eigenvalue weighted by Crippen LogP contribution is 2.33. The van der Waals surface area contributed by atoms with Crippen LogP contribution >= 0.6 is 0 Å². The van der Waals surface area contributed by atoms with Crippen molar-refractivity contribution in [3.63, 3.8) is 0 Å². The highest BCUT2D eigenvalue weighted by Gasteiger charge is 2.22. The molecule has 0 saturated heterocycles. The third kappa shape index (κ3) is 4.83. The summed E-state index contributed by atoms with van der Waals surface area (Å²) < 4.78 is 12.1. The fourth-order valence-corrected chi connectivity index (χ4v) is 8.11. The molecule has 0 spiro atoms. The Hall–Kier alpha value is -5.48. The first-order valence-corrected chi connectivity index (χ1v) is 17.0. The van der Waals surface area contributed by atoms with Crippen LogP contribution in [0.5, 0.6) is 0 Å². The first-order chi connectivity index (χ1) is 23.6. The van der Waals surface area contributed by atoms with Crippen LogP contribution in [0.3, 0.4) is 0 Å². The van der Waals surface area contributed by atoms with Gasteiger partial charge in [-0.3, -0.25) is 0 Å². The maximum Gasteiger partial charge on any atom is 0.343 e. The number of fused-ring (bicyclic) bond motifs is 10. The lowest BCUT2D eigenvalue weighted by atomic mass is 9.83. The number of carbonyl (C=O) groups excluding carboxylic acids is 2. The number of rotatable bonds is 4. The van der Waals surface area contributed by atoms with Gasteiger partial charge in [0.05, 0.1) is 11.1 Å². The smallest absolute Gasteiger partial charge is 0.343 e. The minimum Gasteiger partial charge on any atom is -0.427 e. The normalized spacial score (nSPS) is 15.2. The topological polar surface area (TPSA) is 52.6 Å². The fourth-order valence-electron chi connectivity index (χ4n) is 8.11. The van der Waals surface area contributed by atoms with Gasteiger partial charge in [0.1, 0.15) is 11.5 Å². The minimum absolute atomic E-state index is 0.402. The Morgan fingerprint density at radius 1 is 0.438 bits per heavy atom. The predicted molar refractivity (Wildman–Crippen MR) is 189 cm³/mol. The van der Waals surface area contributed by atoms with Crippen LogP contribution in [0.15, 0.2) is 97.1 Å². The average Bonchev–Trinajstić information content (AvgIpc) is 3.14. The van der Waals surface area contributed by atoms with E-state index in [1.165, 1.54) is 54.9 Å². The molecule has 4 aliphatic carbocycles. The van der Waals surface area contributed by atoms with Gasteiger partial charge in [0.2, 0.25) is 0 Å². The van der Waals surface area contributed by atoms with E-state index in [4.69, 9.17) is 9.47 Å². The molecule has 0 amide bonds. The third-order valence-electron chi connectivity index (χ3n) is 10.4. The van der Waals surface area contributed by atoms with Gasteiger partial charge in [0.25, 0.3) is 0 Å². The Labute approximate surface area is 279 Å². The molecule has 4 nitrogen and oxygen atoms in total. The van der Waals surface area contributed by atoms with Crippen molar-refractivity contribution < 1.29 is 19.1 Å². The van der Waals surface area contributed by atoms with Crippen molar-refractivity contribution in [1.29, 1.82) is 0 Å². The molecule has 0 N–H and O–H groups in total. The molecule has 0 atom stereocenters. The Morgan fingerprint density at radius 2 is 0.875 bits per heavy atom. The van der Waals surface area contributed by atoms with E-state index < -0.39 is 11.9 Å². The van der Waals surface area contributed by atoms with Crippen molar-refractivity contribution in [3.8, 4) is 22.3 Å². The quantitative estimate of drug-likeness (QED) is 0.220. The fraction of sp³-hybridized carbons (Fsp3) is 0.182. The molecule has 0 unspecified atom stereocenters. The van der Waals surface area contributed by atoms with E-state index >= 15 is 0 Å². The molecule has 0 aliphatic heterocycles. The zero-order valence-electron chi connectivity index (χ0n) is 26.7. The SMILES string of the molecule is O=C(OC1=c2ccc3c(c2=CCC1)CCc1ccccc1-3)c1ccc(C(=O)OC2=c3ccc4c(c3=CCC2)CCc2ccccc2-4)cc1. The highest BCUT2D eigenvalue weighted by atomic mass is 16.5. The lowest BCUT2D eigenvalue weighted by Crippen LogP contribution is -2.35. The first kappa shape index (κ1) is 28.7. The van der Waals surface area contributed by atoms with Gasteiger partial charge in [0.15, 0.2) is 0 Å². The van der Waals surface area contributed by atoms with Gasteiger partial charge in [-0.2, -0.15) is 0 Å². The van der Waals surface area contributed by atoms with Crippen LogP contribution < -0.4 is 20.9 Å². The number of hydrogen-bond acceptors (Lipinski definition) is 4. The van der Waals surface area contributed by atoms with Crippen LogP contribution in [0.2, 0.25) is 0 Å². The van der Waals surface area contributed by atoms with Gasteiger partial charge in [-0.25, -0.2) is 9.59 Å². The number of esters is 2. The Bertz CT molecular complexity index is 2260. The second-order valence-electron chi connectivity index (χ2n) is 13.1. The molecule has 0 aromatic heterocycles. The van der Waals surface area contributed by atoms with E-state index in [2.05, 4.69) is 84.9 Å². The molecule has 4 heteroatoms. The highest BCUT2D eigenvalue weighted by molar-refractivity contribution is 5.95. The average molecular weight is 627 g/mol. The Balaban J connectivity index is 0.956. The third-order valence-corrected chi connectivity index (χ3v) is 10.4. The van der Waals surface area contributed by atoms with Crippen LogP contribution in [0.25, 0.3) is 45.9 Å². The molecule has 48 heavy (non-hydrogen) atoms. The molecule has 5 aromatic carbocycles. The summed E-state index contributed by atoms with van der Waals surface area (Å²) in [7, 11) is 0. The Morgan fingerprint density at radius 3 is 1.33 bits per heavy atom. The second-order valence-corrected chi connectivity index (χ2v) is 13.1. The standard InChI is InChI=1S/C44H34O4/c45-43(47-41-13-5-11-33-37-21-19-27-7-1-3-9-31(27)35(37)23-25-39(33)41)29-15-17-30(18-16-29)44(46)48-42-14-6-12-34-38-22-20-28-8-2-4-10-32(28)36(38)24-26-40(34)42/h1-4,7-12,15-18,23-26H,5-6,13-14,19-22H2. The van der Waals surface area contributed by atoms with E-state index in [-0.39, 0.29) is 0 Å². The zero-order chi connectivity index (χ0) is 32.2. The predicted octanol–water partition coefficient (Wildman–Crippen LogP) is 6.30. The van der Waals surface area contributed by atoms with Crippen molar-refractivity contribution in [3.05, 3.63) is 151 Å². The molecular weight excluding hydrogens is 592 g/mol. The van der Waals surface area contributed by atoms with Crippen LogP contribution in [-0.4, -0.2) is 11.9 Å². The molecule has 0 bridgehead atoms. The zero-order valence-corrected chi connectivity index (χ0v) is 26.7. The van der Waals surface area contributed by atoms with Crippen LogP contribution in [0.1, 0.15) is 68.7 Å². The first-order valence-electron chi connectivity index (χ1n) is 17.0. The van der Waals surface area contributed by atoms with Crippen molar-refractivity contribution >= 4 is 35.6 Å². The summed E-state index contributed by atoms with van der Waals surface area (Å²) in [5, 5.41) is 4.39. The summed E-state index contributed by atoms with van der Waals surface area (Å²) in [6, 6.07) is 32.4. The summed E-state index contributed by atoms with van der Waals surface area (Å²) in [5.41, 5.74) is 11.4. The number of aryl methyl sites for hydroxylation is 2. The number of ether oxygens (including phenoxy) is 2. The summed E-state index contributed by atoms with van der Waals surface area (Å²) in [5.74, 6) is 0.576. The van der Waals surface area contributed by atoms with Crippen molar-refractivity contribution in [2.45, 2.75) is 51.4 Å². The molecule has 9 rings (SSSR count). The molecule has 234 valence electrons. The van der Waals surface area contributed by atoms with Gasteiger partial charge < -0.3 is 9.47 Å². The maximum absolute atomic E-state index is 13.3. The molecule has 5 aromatic rings. The maximum atomic E-state index is 13.3.